The molecule has 0 radical (unpaired) electrons. The molecule has 1 aliphatic rings. The van der Waals surface area contributed by atoms with Gasteiger partial charge in [-0.15, -0.1) is 0 Å². The summed E-state index contributed by atoms with van der Waals surface area (Å²) in [4.78, 5) is 11.5. The number of rotatable bonds is 6. The molecule has 2 unspecified atom stereocenters. The van der Waals surface area contributed by atoms with Gasteiger partial charge in [0.05, 0.1) is 13.2 Å². The number of carbonyl (C=O) groups is 1. The van der Waals surface area contributed by atoms with Gasteiger partial charge in [-0.05, 0) is 30.6 Å². The Labute approximate surface area is 104 Å². The summed E-state index contributed by atoms with van der Waals surface area (Å²) in [6.07, 6.45) is 2.45. The Balaban J connectivity index is 2.34. The third-order valence-electron chi connectivity index (χ3n) is 2.97. The first-order valence-corrected chi connectivity index (χ1v) is 6.33. The smallest absolute Gasteiger partial charge is 0.323 e. The molecule has 4 heteroatoms. The van der Waals surface area contributed by atoms with Gasteiger partial charge < -0.3 is 15.2 Å². The van der Waals surface area contributed by atoms with Gasteiger partial charge in [0, 0.05) is 6.54 Å². The summed E-state index contributed by atoms with van der Waals surface area (Å²) in [7, 11) is 1.41. The van der Waals surface area contributed by atoms with Crippen molar-refractivity contribution in [2.75, 3.05) is 13.7 Å². The Kier molecular flexibility index (Phi) is 4.95. The molecular formula is C13H25NO3. The lowest BCUT2D eigenvalue weighted by Crippen LogP contribution is -2.43. The zero-order valence-electron chi connectivity index (χ0n) is 11.3. The number of ether oxygens (including phenoxy) is 1. The molecule has 0 bridgehead atoms. The molecule has 0 heterocycles. The van der Waals surface area contributed by atoms with E-state index in [0.717, 1.165) is 19.3 Å². The topological polar surface area (TPSA) is 58.6 Å². The van der Waals surface area contributed by atoms with E-state index in [0.29, 0.717) is 12.5 Å². The number of methoxy groups -OCH3 is 1. The predicted octanol–water partition coefficient (Wildman–Crippen LogP) is 1.32. The Bertz CT molecular complexity index is 256. The van der Waals surface area contributed by atoms with E-state index in [2.05, 4.69) is 26.1 Å². The quantitative estimate of drug-likeness (QED) is 0.691. The highest BCUT2D eigenvalue weighted by Crippen LogP contribution is 2.33. The van der Waals surface area contributed by atoms with Gasteiger partial charge in [0.1, 0.15) is 6.04 Å². The summed E-state index contributed by atoms with van der Waals surface area (Å²) in [6, 6.07) is -0.241. The molecule has 2 atom stereocenters. The molecule has 17 heavy (non-hydrogen) atoms. The normalized spacial score (nSPS) is 19.8. The van der Waals surface area contributed by atoms with Crippen molar-refractivity contribution in [1.82, 2.24) is 5.32 Å². The number of aliphatic hydroxyl groups excluding tert-OH is 1. The minimum Gasteiger partial charge on any atom is -0.468 e. The van der Waals surface area contributed by atoms with Crippen molar-refractivity contribution in [1.29, 1.82) is 0 Å². The van der Waals surface area contributed by atoms with Crippen LogP contribution in [0.15, 0.2) is 0 Å². The van der Waals surface area contributed by atoms with Crippen LogP contribution < -0.4 is 5.32 Å². The van der Waals surface area contributed by atoms with Crippen molar-refractivity contribution in [3.8, 4) is 0 Å². The lowest BCUT2D eigenvalue weighted by molar-refractivity contribution is -0.143. The minimum absolute atomic E-state index is 0.0987. The zero-order valence-corrected chi connectivity index (χ0v) is 11.3. The van der Waals surface area contributed by atoms with Crippen LogP contribution in [-0.2, 0) is 9.53 Å². The molecule has 1 aliphatic carbocycles. The van der Waals surface area contributed by atoms with Gasteiger partial charge in [-0.1, -0.05) is 20.8 Å². The molecule has 2 N–H and O–H groups in total. The van der Waals surface area contributed by atoms with Crippen LogP contribution in [0, 0.1) is 11.3 Å². The molecule has 1 rings (SSSR count). The number of aliphatic hydroxyl groups is 1. The van der Waals surface area contributed by atoms with Gasteiger partial charge >= 0.3 is 5.97 Å². The monoisotopic (exact) mass is 243 g/mol. The second-order valence-corrected chi connectivity index (χ2v) is 6.17. The maximum Gasteiger partial charge on any atom is 0.323 e. The zero-order chi connectivity index (χ0) is 13.1. The first-order valence-electron chi connectivity index (χ1n) is 6.33. The van der Waals surface area contributed by atoms with Crippen molar-refractivity contribution in [3.63, 3.8) is 0 Å². The fourth-order valence-corrected chi connectivity index (χ4v) is 2.04. The molecule has 0 amide bonds. The van der Waals surface area contributed by atoms with E-state index in [9.17, 15) is 9.90 Å². The van der Waals surface area contributed by atoms with E-state index in [4.69, 9.17) is 4.74 Å². The maximum atomic E-state index is 11.5. The summed E-state index contributed by atoms with van der Waals surface area (Å²) in [6.45, 7) is 6.73. The Morgan fingerprint density at radius 1 is 1.47 bits per heavy atom. The Morgan fingerprint density at radius 3 is 2.47 bits per heavy atom. The molecule has 0 aromatic heterocycles. The highest BCUT2D eigenvalue weighted by atomic mass is 16.5. The number of hydrogen-bond acceptors (Lipinski definition) is 4. The summed E-state index contributed by atoms with van der Waals surface area (Å²) < 4.78 is 4.76. The molecule has 0 aromatic carbocycles. The first-order chi connectivity index (χ1) is 7.83. The number of hydrogen-bond donors (Lipinski definition) is 2. The van der Waals surface area contributed by atoms with Crippen LogP contribution in [0.1, 0.15) is 40.0 Å². The molecular weight excluding hydrogens is 218 g/mol. The largest absolute Gasteiger partial charge is 0.468 e. The van der Waals surface area contributed by atoms with Crippen molar-refractivity contribution < 1.29 is 14.6 Å². The van der Waals surface area contributed by atoms with E-state index >= 15 is 0 Å². The van der Waals surface area contributed by atoms with E-state index in [1.165, 1.54) is 7.11 Å². The van der Waals surface area contributed by atoms with Crippen LogP contribution in [0.4, 0.5) is 0 Å². The highest BCUT2D eigenvalue weighted by Gasteiger charge is 2.36. The van der Waals surface area contributed by atoms with E-state index in [1.54, 1.807) is 0 Å². The van der Waals surface area contributed by atoms with Crippen molar-refractivity contribution in [2.45, 2.75) is 52.2 Å². The summed E-state index contributed by atoms with van der Waals surface area (Å²) in [5, 5.41) is 13.0. The van der Waals surface area contributed by atoms with Gasteiger partial charge in [-0.3, -0.25) is 4.79 Å². The van der Waals surface area contributed by atoms with Crippen LogP contribution in [0.3, 0.4) is 0 Å². The predicted molar refractivity (Wildman–Crippen MR) is 66.6 cm³/mol. The second kappa shape index (κ2) is 5.83. The fourth-order valence-electron chi connectivity index (χ4n) is 2.04. The summed E-state index contributed by atoms with van der Waals surface area (Å²) in [5.41, 5.74) is 0.0987. The van der Waals surface area contributed by atoms with E-state index in [-0.39, 0.29) is 17.4 Å². The first kappa shape index (κ1) is 14.5. The maximum absolute atomic E-state index is 11.5. The number of carbonyl (C=O) groups excluding carboxylic acids is 1. The van der Waals surface area contributed by atoms with Gasteiger partial charge in [-0.2, -0.15) is 0 Å². The van der Waals surface area contributed by atoms with Crippen molar-refractivity contribution in [2.24, 2.45) is 11.3 Å². The lowest BCUT2D eigenvalue weighted by Gasteiger charge is -2.24. The Hall–Kier alpha value is -0.610. The third-order valence-corrected chi connectivity index (χ3v) is 2.97. The van der Waals surface area contributed by atoms with Crippen LogP contribution >= 0.6 is 0 Å². The lowest BCUT2D eigenvalue weighted by atomic mass is 9.89. The van der Waals surface area contributed by atoms with Crippen molar-refractivity contribution in [3.05, 3.63) is 0 Å². The van der Waals surface area contributed by atoms with Crippen LogP contribution in [-0.4, -0.2) is 36.9 Å². The van der Waals surface area contributed by atoms with Gasteiger partial charge in [0.15, 0.2) is 0 Å². The van der Waals surface area contributed by atoms with Crippen LogP contribution in [0.2, 0.25) is 0 Å². The molecule has 0 aliphatic heterocycles. The van der Waals surface area contributed by atoms with Crippen LogP contribution in [0.5, 0.6) is 0 Å². The SMILES string of the molecule is COC(=O)C(NCC(O)CC(C)(C)C)C1CC1. The summed E-state index contributed by atoms with van der Waals surface area (Å²) in [5.74, 6) is 0.180. The van der Waals surface area contributed by atoms with E-state index in [1.807, 2.05) is 0 Å². The standard InChI is InChI=1S/C13H25NO3/c1-13(2,3)7-10(15)8-14-11(9-5-6-9)12(16)17-4/h9-11,14-15H,5-8H2,1-4H3. The number of esters is 1. The molecule has 0 saturated heterocycles. The molecule has 1 fully saturated rings. The van der Waals surface area contributed by atoms with E-state index < -0.39 is 6.10 Å². The fraction of sp³-hybridized carbons (Fsp3) is 0.923. The molecule has 0 aromatic rings. The van der Waals surface area contributed by atoms with Gasteiger partial charge in [0.2, 0.25) is 0 Å². The summed E-state index contributed by atoms with van der Waals surface area (Å²) >= 11 is 0. The highest BCUT2D eigenvalue weighted by molar-refractivity contribution is 5.76. The minimum atomic E-state index is -0.416. The second-order valence-electron chi connectivity index (χ2n) is 6.17. The molecule has 100 valence electrons. The third kappa shape index (κ3) is 5.50. The number of nitrogens with one attached hydrogen (secondary N) is 1. The molecule has 1 saturated carbocycles. The average molecular weight is 243 g/mol. The van der Waals surface area contributed by atoms with Gasteiger partial charge in [-0.25, -0.2) is 0 Å². The molecule has 0 spiro atoms. The van der Waals surface area contributed by atoms with Gasteiger partial charge in [0.25, 0.3) is 0 Å². The average Bonchev–Trinajstić information content (AvgIpc) is 2.98. The molecule has 4 nitrogen and oxygen atoms in total. The van der Waals surface area contributed by atoms with Crippen LogP contribution in [0.25, 0.3) is 0 Å². The van der Waals surface area contributed by atoms with Crippen molar-refractivity contribution >= 4 is 5.97 Å². The Morgan fingerprint density at radius 2 is 2.06 bits per heavy atom.